The summed E-state index contributed by atoms with van der Waals surface area (Å²) >= 11 is 0. The Morgan fingerprint density at radius 1 is 1.24 bits per heavy atom. The zero-order chi connectivity index (χ0) is 12.7. The fourth-order valence-corrected chi connectivity index (χ4v) is 1.35. The second-order valence-corrected chi connectivity index (χ2v) is 3.17. The summed E-state index contributed by atoms with van der Waals surface area (Å²) in [6, 6.07) is 5.33. The molecule has 0 fully saturated rings. The molecule has 4 heteroatoms. The minimum Gasteiger partial charge on any atom is -0.495 e. The standard InChI is InChI=1S/C13H13NO3/c1-16-12-7-10(9-15)8-13(17-2)11(12)5-3-4-6-14/h7-8,15H,4,9H2,1-2H3. The van der Waals surface area contributed by atoms with Crippen LogP contribution in [0.25, 0.3) is 0 Å². The Balaban J connectivity index is 3.27. The van der Waals surface area contributed by atoms with E-state index >= 15 is 0 Å². The van der Waals surface area contributed by atoms with Gasteiger partial charge in [0, 0.05) is 0 Å². The molecule has 4 nitrogen and oxygen atoms in total. The average molecular weight is 231 g/mol. The van der Waals surface area contributed by atoms with Crippen molar-refractivity contribution in [2.45, 2.75) is 13.0 Å². The van der Waals surface area contributed by atoms with Crippen LogP contribution in [0.2, 0.25) is 0 Å². The summed E-state index contributed by atoms with van der Waals surface area (Å²) in [6.45, 7) is -0.0986. The van der Waals surface area contributed by atoms with Crippen LogP contribution in [0.1, 0.15) is 17.5 Å². The number of hydrogen-bond donors (Lipinski definition) is 1. The van der Waals surface area contributed by atoms with E-state index in [1.165, 1.54) is 14.2 Å². The van der Waals surface area contributed by atoms with Crippen molar-refractivity contribution in [1.29, 1.82) is 5.26 Å². The van der Waals surface area contributed by atoms with Gasteiger partial charge in [-0.15, -0.1) is 0 Å². The van der Waals surface area contributed by atoms with E-state index in [-0.39, 0.29) is 13.0 Å². The third-order valence-electron chi connectivity index (χ3n) is 2.13. The van der Waals surface area contributed by atoms with Crippen LogP contribution in [0.5, 0.6) is 11.5 Å². The van der Waals surface area contributed by atoms with Crippen LogP contribution in [0.4, 0.5) is 0 Å². The summed E-state index contributed by atoms with van der Waals surface area (Å²) in [4.78, 5) is 0. The molecule has 0 saturated carbocycles. The number of methoxy groups -OCH3 is 2. The molecule has 0 radical (unpaired) electrons. The third kappa shape index (κ3) is 3.14. The van der Waals surface area contributed by atoms with Crippen molar-refractivity contribution >= 4 is 0 Å². The molecule has 0 aliphatic carbocycles. The van der Waals surface area contributed by atoms with Crippen molar-refractivity contribution in [3.63, 3.8) is 0 Å². The summed E-state index contributed by atoms with van der Waals surface area (Å²) in [7, 11) is 3.04. The molecule has 0 heterocycles. The van der Waals surface area contributed by atoms with Gasteiger partial charge in [0.2, 0.25) is 0 Å². The van der Waals surface area contributed by atoms with Gasteiger partial charge in [0.25, 0.3) is 0 Å². The van der Waals surface area contributed by atoms with Crippen LogP contribution >= 0.6 is 0 Å². The topological polar surface area (TPSA) is 62.5 Å². The molecule has 0 atom stereocenters. The van der Waals surface area contributed by atoms with Crippen molar-refractivity contribution in [2.75, 3.05) is 14.2 Å². The normalized spacial score (nSPS) is 8.82. The maximum Gasteiger partial charge on any atom is 0.138 e. The first kappa shape index (κ1) is 12.9. The minimum absolute atomic E-state index is 0.0986. The van der Waals surface area contributed by atoms with E-state index in [4.69, 9.17) is 19.8 Å². The lowest BCUT2D eigenvalue weighted by molar-refractivity contribution is 0.280. The van der Waals surface area contributed by atoms with Crippen LogP contribution in [0.3, 0.4) is 0 Å². The lowest BCUT2D eigenvalue weighted by Gasteiger charge is -2.10. The predicted molar refractivity (Wildman–Crippen MR) is 62.6 cm³/mol. The second-order valence-electron chi connectivity index (χ2n) is 3.17. The molecule has 0 spiro atoms. The quantitative estimate of drug-likeness (QED) is 0.800. The number of aliphatic hydroxyl groups excluding tert-OH is 1. The van der Waals surface area contributed by atoms with Crippen molar-refractivity contribution in [3.8, 4) is 29.4 Å². The zero-order valence-corrected chi connectivity index (χ0v) is 9.78. The average Bonchev–Trinajstić information content (AvgIpc) is 2.38. The Kier molecular flexibility index (Phi) is 4.87. The van der Waals surface area contributed by atoms with Gasteiger partial charge in [-0.25, -0.2) is 0 Å². The molecule has 0 aromatic heterocycles. The van der Waals surface area contributed by atoms with Gasteiger partial charge in [-0.1, -0.05) is 11.8 Å². The smallest absolute Gasteiger partial charge is 0.138 e. The first-order chi connectivity index (χ1) is 8.26. The molecule has 0 saturated heterocycles. The molecule has 0 aliphatic rings. The lowest BCUT2D eigenvalue weighted by Crippen LogP contribution is -1.96. The van der Waals surface area contributed by atoms with Crippen molar-refractivity contribution in [2.24, 2.45) is 0 Å². The second kappa shape index (κ2) is 6.42. The molecule has 1 aromatic carbocycles. The fourth-order valence-electron chi connectivity index (χ4n) is 1.35. The van der Waals surface area contributed by atoms with Crippen LogP contribution in [0.15, 0.2) is 12.1 Å². The molecular formula is C13H13NO3. The summed E-state index contributed by atoms with van der Waals surface area (Å²) in [6.07, 6.45) is 0.147. The van der Waals surface area contributed by atoms with Gasteiger partial charge in [-0.2, -0.15) is 5.26 Å². The Bertz CT molecular complexity index is 467. The van der Waals surface area contributed by atoms with E-state index in [0.717, 1.165) is 0 Å². The van der Waals surface area contributed by atoms with E-state index in [1.807, 2.05) is 6.07 Å². The zero-order valence-electron chi connectivity index (χ0n) is 9.78. The number of ether oxygens (including phenoxy) is 2. The number of hydrogen-bond acceptors (Lipinski definition) is 4. The maximum atomic E-state index is 9.09. The molecule has 0 amide bonds. The van der Waals surface area contributed by atoms with E-state index in [2.05, 4.69) is 11.8 Å². The number of rotatable bonds is 3. The number of aliphatic hydroxyl groups is 1. The van der Waals surface area contributed by atoms with Gasteiger partial charge in [-0.05, 0) is 17.7 Å². The van der Waals surface area contributed by atoms with Gasteiger partial charge in [0.05, 0.1) is 33.3 Å². The molecule has 0 aliphatic heterocycles. The highest BCUT2D eigenvalue weighted by atomic mass is 16.5. The van der Waals surface area contributed by atoms with Crippen molar-refractivity contribution < 1.29 is 14.6 Å². The highest BCUT2D eigenvalue weighted by Crippen LogP contribution is 2.29. The van der Waals surface area contributed by atoms with Crippen molar-refractivity contribution in [1.82, 2.24) is 0 Å². The molecule has 0 unspecified atom stereocenters. The largest absolute Gasteiger partial charge is 0.495 e. The highest BCUT2D eigenvalue weighted by molar-refractivity contribution is 5.57. The van der Waals surface area contributed by atoms with E-state index in [0.29, 0.717) is 22.6 Å². The SMILES string of the molecule is COc1cc(CO)cc(OC)c1C#CCC#N. The first-order valence-electron chi connectivity index (χ1n) is 4.98. The van der Waals surface area contributed by atoms with Gasteiger partial charge in [0.15, 0.2) is 0 Å². The summed E-state index contributed by atoms with van der Waals surface area (Å²) in [5.74, 6) is 6.59. The first-order valence-corrected chi connectivity index (χ1v) is 4.98. The van der Waals surface area contributed by atoms with E-state index in [9.17, 15) is 0 Å². The molecule has 1 aromatic rings. The summed E-state index contributed by atoms with van der Waals surface area (Å²) in [5, 5.41) is 17.5. The molecule has 1 N–H and O–H groups in total. The predicted octanol–water partition coefficient (Wildman–Crippen LogP) is 1.46. The van der Waals surface area contributed by atoms with Gasteiger partial charge < -0.3 is 14.6 Å². The maximum absolute atomic E-state index is 9.09. The van der Waals surface area contributed by atoms with E-state index in [1.54, 1.807) is 12.1 Å². The van der Waals surface area contributed by atoms with E-state index < -0.39 is 0 Å². The minimum atomic E-state index is -0.0986. The van der Waals surface area contributed by atoms with Crippen LogP contribution < -0.4 is 9.47 Å². The molecule has 0 bridgehead atoms. The highest BCUT2D eigenvalue weighted by Gasteiger charge is 2.10. The molecule has 88 valence electrons. The number of nitrogens with zero attached hydrogens (tertiary/aromatic N) is 1. The Labute approximate surface area is 100 Å². The fraction of sp³-hybridized carbons (Fsp3) is 0.308. The molecule has 1 rings (SSSR count). The van der Waals surface area contributed by atoms with Crippen LogP contribution in [-0.2, 0) is 6.61 Å². The van der Waals surface area contributed by atoms with Crippen molar-refractivity contribution in [3.05, 3.63) is 23.3 Å². The van der Waals surface area contributed by atoms with Crippen LogP contribution in [0, 0.1) is 23.2 Å². The molecular weight excluding hydrogens is 218 g/mol. The summed E-state index contributed by atoms with van der Waals surface area (Å²) < 4.78 is 10.4. The molecule has 17 heavy (non-hydrogen) atoms. The monoisotopic (exact) mass is 231 g/mol. The third-order valence-corrected chi connectivity index (χ3v) is 2.13. The Morgan fingerprint density at radius 2 is 1.82 bits per heavy atom. The van der Waals surface area contributed by atoms with Gasteiger partial charge in [-0.3, -0.25) is 0 Å². The van der Waals surface area contributed by atoms with Gasteiger partial charge in [0.1, 0.15) is 17.1 Å². The number of benzene rings is 1. The van der Waals surface area contributed by atoms with Gasteiger partial charge >= 0.3 is 0 Å². The Morgan fingerprint density at radius 3 is 2.24 bits per heavy atom. The lowest BCUT2D eigenvalue weighted by atomic mass is 10.1. The Hall–Kier alpha value is -2.17. The summed E-state index contributed by atoms with van der Waals surface area (Å²) in [5.41, 5.74) is 1.27. The number of nitriles is 1. The van der Waals surface area contributed by atoms with Crippen LogP contribution in [-0.4, -0.2) is 19.3 Å².